The molecule has 3 aromatic carbocycles. The predicted molar refractivity (Wildman–Crippen MR) is 106 cm³/mol. The van der Waals surface area contributed by atoms with E-state index in [1.807, 2.05) is 13.0 Å². The van der Waals surface area contributed by atoms with Crippen LogP contribution in [0.5, 0.6) is 0 Å². The molecule has 0 saturated carbocycles. The number of anilines is 1. The first-order chi connectivity index (χ1) is 13.1. The Labute approximate surface area is 158 Å². The van der Waals surface area contributed by atoms with Gasteiger partial charge in [0.2, 0.25) is 0 Å². The number of aromatic carboxylic acids is 1. The van der Waals surface area contributed by atoms with Crippen LogP contribution in [-0.4, -0.2) is 5.97 Å². The Kier molecular flexibility index (Phi) is 3.57. The highest BCUT2D eigenvalue weighted by Crippen LogP contribution is 2.51. The van der Waals surface area contributed by atoms with Gasteiger partial charge in [0.1, 0.15) is 0 Å². The summed E-state index contributed by atoms with van der Waals surface area (Å²) in [5, 5.41) is 17.7. The van der Waals surface area contributed by atoms with Crippen molar-refractivity contribution in [2.45, 2.75) is 25.3 Å². The quantitative estimate of drug-likeness (QED) is 0.697. The Morgan fingerprint density at radius 2 is 1.85 bits per heavy atom. The van der Waals surface area contributed by atoms with Crippen LogP contribution in [0.4, 0.5) is 5.69 Å². The minimum atomic E-state index is -1.12. The molecule has 3 nitrogen and oxygen atoms in total. The first-order valence-corrected chi connectivity index (χ1v) is 9.41. The van der Waals surface area contributed by atoms with Gasteiger partial charge in [0.15, 0.2) is 0 Å². The van der Waals surface area contributed by atoms with Gasteiger partial charge in [0.05, 0.1) is 12.0 Å². The van der Waals surface area contributed by atoms with E-state index in [9.17, 15) is 9.90 Å². The molecule has 3 heteroatoms. The second kappa shape index (κ2) is 5.98. The van der Waals surface area contributed by atoms with Crippen LogP contribution in [0, 0.1) is 12.8 Å². The standard InChI is InChI=1S/C24H21NO2/c1-14-16(24(26)27)12-13-21-18-9-5-11-20(18)23(25-22(14)21)19-10-4-7-15-6-2-3-8-17(15)19/h2-10,12-13,18,20,23,25H,11H2,1H3,(H,26,27)/p-1/t18-,20+,23+/m1/s1. The number of benzene rings is 3. The number of hydrogen-bond donors (Lipinski definition) is 1. The fourth-order valence-corrected chi connectivity index (χ4v) is 4.87. The van der Waals surface area contributed by atoms with Crippen molar-refractivity contribution in [1.82, 2.24) is 0 Å². The summed E-state index contributed by atoms with van der Waals surface area (Å²) in [6, 6.07) is 18.7. The van der Waals surface area contributed by atoms with Crippen molar-refractivity contribution in [2.24, 2.45) is 5.92 Å². The number of carbonyl (C=O) groups excluding carboxylic acids is 1. The molecule has 0 amide bonds. The van der Waals surface area contributed by atoms with Crippen molar-refractivity contribution in [1.29, 1.82) is 0 Å². The number of carboxylic acid groups (broad SMARTS) is 1. The summed E-state index contributed by atoms with van der Waals surface area (Å²) in [6.07, 6.45) is 5.55. The lowest BCUT2D eigenvalue weighted by atomic mass is 9.75. The first-order valence-electron chi connectivity index (χ1n) is 9.41. The molecule has 0 fully saturated rings. The Morgan fingerprint density at radius 3 is 2.70 bits per heavy atom. The molecule has 134 valence electrons. The fraction of sp³-hybridized carbons (Fsp3) is 0.208. The highest BCUT2D eigenvalue weighted by atomic mass is 16.4. The van der Waals surface area contributed by atoms with Crippen LogP contribution < -0.4 is 10.4 Å². The van der Waals surface area contributed by atoms with Gasteiger partial charge >= 0.3 is 0 Å². The summed E-state index contributed by atoms with van der Waals surface area (Å²) in [4.78, 5) is 11.5. The minimum Gasteiger partial charge on any atom is -0.545 e. The van der Waals surface area contributed by atoms with E-state index in [0.717, 1.165) is 17.7 Å². The van der Waals surface area contributed by atoms with Gasteiger partial charge in [-0.15, -0.1) is 0 Å². The molecule has 1 aliphatic heterocycles. The number of allylic oxidation sites excluding steroid dienone is 2. The third-order valence-corrected chi connectivity index (χ3v) is 6.18. The molecule has 0 bridgehead atoms. The van der Waals surface area contributed by atoms with Crippen LogP contribution >= 0.6 is 0 Å². The average Bonchev–Trinajstić information content (AvgIpc) is 3.17. The van der Waals surface area contributed by atoms with Crippen LogP contribution in [0.3, 0.4) is 0 Å². The van der Waals surface area contributed by atoms with E-state index in [-0.39, 0.29) is 11.6 Å². The van der Waals surface area contributed by atoms with Gasteiger partial charge in [-0.3, -0.25) is 0 Å². The summed E-state index contributed by atoms with van der Waals surface area (Å²) in [5.41, 5.74) is 4.43. The van der Waals surface area contributed by atoms with E-state index in [2.05, 4.69) is 59.9 Å². The second-order valence-electron chi connectivity index (χ2n) is 7.53. The Morgan fingerprint density at radius 1 is 1.04 bits per heavy atom. The SMILES string of the molecule is Cc1c(C(=O)[O-])ccc2c1N[C@@H](c1cccc3ccccc13)[C@H]1CC=C[C@@H]21. The topological polar surface area (TPSA) is 52.2 Å². The number of hydrogen-bond acceptors (Lipinski definition) is 3. The zero-order valence-corrected chi connectivity index (χ0v) is 15.1. The third-order valence-electron chi connectivity index (χ3n) is 6.18. The van der Waals surface area contributed by atoms with E-state index < -0.39 is 5.97 Å². The highest BCUT2D eigenvalue weighted by molar-refractivity contribution is 5.91. The first kappa shape index (κ1) is 16.1. The average molecular weight is 354 g/mol. The maximum atomic E-state index is 11.5. The number of carbonyl (C=O) groups is 1. The third kappa shape index (κ3) is 2.38. The Bertz CT molecular complexity index is 1090. The minimum absolute atomic E-state index is 0.138. The number of carboxylic acids is 1. The molecule has 0 aromatic heterocycles. The van der Waals surface area contributed by atoms with E-state index in [1.54, 1.807) is 6.07 Å². The monoisotopic (exact) mass is 354 g/mol. The Balaban J connectivity index is 1.70. The summed E-state index contributed by atoms with van der Waals surface area (Å²) < 4.78 is 0. The van der Waals surface area contributed by atoms with E-state index in [4.69, 9.17) is 0 Å². The largest absolute Gasteiger partial charge is 0.545 e. The summed E-state index contributed by atoms with van der Waals surface area (Å²) in [5.74, 6) is -0.390. The van der Waals surface area contributed by atoms with Crippen LogP contribution in [-0.2, 0) is 0 Å². The van der Waals surface area contributed by atoms with Gasteiger partial charge in [0, 0.05) is 17.2 Å². The number of fused-ring (bicyclic) bond motifs is 4. The van der Waals surface area contributed by atoms with Crippen molar-refractivity contribution < 1.29 is 9.90 Å². The van der Waals surface area contributed by atoms with E-state index in [0.29, 0.717) is 11.8 Å². The molecule has 27 heavy (non-hydrogen) atoms. The number of rotatable bonds is 2. The van der Waals surface area contributed by atoms with Crippen molar-refractivity contribution >= 4 is 22.4 Å². The van der Waals surface area contributed by atoms with Crippen molar-refractivity contribution in [3.63, 3.8) is 0 Å². The zero-order valence-electron chi connectivity index (χ0n) is 15.1. The van der Waals surface area contributed by atoms with Gasteiger partial charge in [-0.1, -0.05) is 66.7 Å². The van der Waals surface area contributed by atoms with Gasteiger partial charge in [0.25, 0.3) is 0 Å². The lowest BCUT2D eigenvalue weighted by Gasteiger charge is -2.39. The Hall–Kier alpha value is -3.07. The van der Waals surface area contributed by atoms with Crippen molar-refractivity contribution in [3.05, 3.63) is 89.0 Å². The lowest BCUT2D eigenvalue weighted by molar-refractivity contribution is -0.255. The van der Waals surface area contributed by atoms with E-state index >= 15 is 0 Å². The van der Waals surface area contributed by atoms with Gasteiger partial charge < -0.3 is 15.2 Å². The molecule has 1 N–H and O–H groups in total. The maximum Gasteiger partial charge on any atom is 0.0718 e. The van der Waals surface area contributed by atoms with Crippen molar-refractivity contribution in [3.8, 4) is 0 Å². The van der Waals surface area contributed by atoms with Crippen LogP contribution in [0.1, 0.15) is 45.4 Å². The molecule has 0 radical (unpaired) electrons. The molecule has 0 spiro atoms. The molecule has 3 aromatic rings. The van der Waals surface area contributed by atoms with Crippen LogP contribution in [0.2, 0.25) is 0 Å². The second-order valence-corrected chi connectivity index (χ2v) is 7.53. The van der Waals surface area contributed by atoms with E-state index in [1.165, 1.54) is 21.9 Å². The molecule has 2 aliphatic rings. The summed E-state index contributed by atoms with van der Waals surface area (Å²) >= 11 is 0. The lowest BCUT2D eigenvalue weighted by Crippen LogP contribution is -2.31. The van der Waals surface area contributed by atoms with Gasteiger partial charge in [-0.25, -0.2) is 0 Å². The van der Waals surface area contributed by atoms with Crippen LogP contribution in [0.15, 0.2) is 66.7 Å². The van der Waals surface area contributed by atoms with Crippen molar-refractivity contribution in [2.75, 3.05) is 5.32 Å². The normalized spacial score (nSPS) is 22.9. The van der Waals surface area contributed by atoms with Crippen LogP contribution in [0.25, 0.3) is 10.8 Å². The van der Waals surface area contributed by atoms with Gasteiger partial charge in [-0.05, 0) is 46.7 Å². The molecule has 1 heterocycles. The molecule has 5 rings (SSSR count). The molecular formula is C24H20NO2-. The summed E-state index contributed by atoms with van der Waals surface area (Å²) in [6.45, 7) is 1.87. The molecule has 0 unspecified atom stereocenters. The fourth-order valence-electron chi connectivity index (χ4n) is 4.87. The molecular weight excluding hydrogens is 334 g/mol. The summed E-state index contributed by atoms with van der Waals surface area (Å²) in [7, 11) is 0. The maximum absolute atomic E-state index is 11.5. The highest BCUT2D eigenvalue weighted by Gasteiger charge is 2.39. The molecule has 3 atom stereocenters. The number of nitrogens with one attached hydrogen (secondary N) is 1. The molecule has 0 saturated heterocycles. The smallest absolute Gasteiger partial charge is 0.0718 e. The van der Waals surface area contributed by atoms with Gasteiger partial charge in [-0.2, -0.15) is 0 Å². The zero-order chi connectivity index (χ0) is 18.5. The predicted octanol–water partition coefficient (Wildman–Crippen LogP) is 4.34. The molecule has 1 aliphatic carbocycles.